The number of ether oxygens (including phenoxy) is 6. The fraction of sp³-hybridized carbons (Fsp3) is 0.912. The van der Waals surface area contributed by atoms with Crippen molar-refractivity contribution in [3.05, 3.63) is 24.3 Å². The number of rotatable bonds is 65. The summed E-state index contributed by atoms with van der Waals surface area (Å²) in [5, 5.41) is 136. The number of aliphatic carboxylic acids is 1. The number of amides is 2. The summed E-state index contributed by atoms with van der Waals surface area (Å²) in [5.41, 5.74) is 0. The number of aliphatic hydroxyl groups is 11. The molecule has 3 heterocycles. The predicted molar refractivity (Wildman–Crippen MR) is 398 cm³/mol. The number of nitrogens with one attached hydrogen (secondary N) is 2. The van der Waals surface area contributed by atoms with Crippen LogP contribution in [0, 0.1) is 0 Å². The molecule has 0 spiro atoms. The van der Waals surface area contributed by atoms with Crippen molar-refractivity contribution in [3.63, 3.8) is 0 Å². The highest BCUT2D eigenvalue weighted by atomic mass is 16.8. The van der Waals surface area contributed by atoms with E-state index in [4.69, 9.17) is 28.4 Å². The van der Waals surface area contributed by atoms with Gasteiger partial charge in [0.15, 0.2) is 12.6 Å². The number of carboxylic acids is 1. The minimum absolute atomic E-state index is 0.226. The molecule has 18 unspecified atom stereocenters. The van der Waals surface area contributed by atoms with Gasteiger partial charge >= 0.3 is 5.97 Å². The third-order valence-corrected chi connectivity index (χ3v) is 20.9. The second-order valence-corrected chi connectivity index (χ2v) is 30.0. The molecule has 0 aromatic carbocycles. The molecule has 103 heavy (non-hydrogen) atoms. The molecule has 3 aliphatic heterocycles. The molecule has 3 saturated heterocycles. The lowest BCUT2D eigenvalue weighted by atomic mass is 9.88. The lowest BCUT2D eigenvalue weighted by Gasteiger charge is -2.50. The monoisotopic (exact) mass is 1470 g/mol. The Hall–Kier alpha value is -2.79. The van der Waals surface area contributed by atoms with Gasteiger partial charge in [0.25, 0.3) is 5.79 Å². The van der Waals surface area contributed by atoms with Crippen LogP contribution in [-0.4, -0.2) is 215 Å². The number of carboxylic acid groups (broad SMARTS) is 1. The second kappa shape index (κ2) is 59.1. The lowest BCUT2D eigenvalue weighted by Crippen LogP contribution is -2.70. The summed E-state index contributed by atoms with van der Waals surface area (Å²) in [7, 11) is 0. The Labute approximate surface area is 619 Å². The van der Waals surface area contributed by atoms with Crippen LogP contribution < -0.4 is 10.6 Å². The summed E-state index contributed by atoms with van der Waals surface area (Å²) in [5.74, 6) is -6.09. The molecule has 3 fully saturated rings. The summed E-state index contributed by atoms with van der Waals surface area (Å²) in [4.78, 5) is 38.7. The number of aliphatic hydroxyl groups excluding tert-OH is 11. The summed E-state index contributed by atoms with van der Waals surface area (Å²) >= 11 is 0. The van der Waals surface area contributed by atoms with Gasteiger partial charge in [0.2, 0.25) is 11.8 Å². The van der Waals surface area contributed by atoms with Gasteiger partial charge in [-0.3, -0.25) is 9.59 Å². The summed E-state index contributed by atoms with van der Waals surface area (Å²) in [6.45, 7) is 2.24. The Kier molecular flexibility index (Phi) is 54.2. The van der Waals surface area contributed by atoms with Gasteiger partial charge in [-0.15, -0.1) is 0 Å². The van der Waals surface area contributed by atoms with Gasteiger partial charge in [-0.05, 0) is 44.9 Å². The van der Waals surface area contributed by atoms with Crippen molar-refractivity contribution in [1.82, 2.24) is 10.6 Å². The van der Waals surface area contributed by atoms with Crippen molar-refractivity contribution < 1.29 is 104 Å². The summed E-state index contributed by atoms with van der Waals surface area (Å²) in [6.07, 6.45) is 36.1. The third kappa shape index (κ3) is 39.4. The quantitative estimate of drug-likeness (QED) is 0.0199. The average Bonchev–Trinajstić information content (AvgIpc) is 0.754. The molecule has 3 aliphatic rings. The van der Waals surface area contributed by atoms with Gasteiger partial charge in [-0.2, -0.15) is 0 Å². The number of unbranched alkanes of at least 4 members (excludes halogenated alkanes) is 41. The minimum Gasteiger partial charge on any atom is -0.477 e. The maximum absolute atomic E-state index is 13.6. The summed E-state index contributed by atoms with van der Waals surface area (Å²) in [6, 6.07) is -2.53. The first-order valence-electron chi connectivity index (χ1n) is 41.2. The molecule has 23 nitrogen and oxygen atoms in total. The van der Waals surface area contributed by atoms with E-state index >= 15 is 0 Å². The highest BCUT2D eigenvalue weighted by molar-refractivity contribution is 5.77. The fourth-order valence-corrected chi connectivity index (χ4v) is 14.4. The van der Waals surface area contributed by atoms with E-state index in [0.29, 0.717) is 19.3 Å². The van der Waals surface area contributed by atoms with Gasteiger partial charge in [0.1, 0.15) is 67.1 Å². The molecule has 0 aromatic rings. The van der Waals surface area contributed by atoms with E-state index in [1.165, 1.54) is 218 Å². The van der Waals surface area contributed by atoms with Crippen molar-refractivity contribution in [1.29, 1.82) is 0 Å². The van der Waals surface area contributed by atoms with Gasteiger partial charge < -0.3 is 100 Å². The first-order valence-corrected chi connectivity index (χ1v) is 41.2. The van der Waals surface area contributed by atoms with E-state index in [1.54, 1.807) is 0 Å². The topological polar surface area (TPSA) is 373 Å². The minimum atomic E-state index is -3.08. The maximum atomic E-state index is 13.6. The van der Waals surface area contributed by atoms with Gasteiger partial charge in [0.05, 0.1) is 50.7 Å². The van der Waals surface area contributed by atoms with Crippen LogP contribution in [0.1, 0.15) is 329 Å². The zero-order valence-electron chi connectivity index (χ0n) is 63.9. The van der Waals surface area contributed by atoms with Crippen molar-refractivity contribution >= 4 is 17.8 Å². The summed E-state index contributed by atoms with van der Waals surface area (Å²) < 4.78 is 35.0. The van der Waals surface area contributed by atoms with Crippen LogP contribution in [0.15, 0.2) is 24.3 Å². The molecule has 0 aromatic heterocycles. The number of carbonyl (C=O) groups excluding carboxylic acids is 2. The Morgan fingerprint density at radius 2 is 0.932 bits per heavy atom. The smallest absolute Gasteiger partial charge is 0.364 e. The van der Waals surface area contributed by atoms with Crippen molar-refractivity contribution in [2.24, 2.45) is 0 Å². The molecule has 604 valence electrons. The zero-order chi connectivity index (χ0) is 75.3. The predicted octanol–water partition coefficient (Wildman–Crippen LogP) is 11.1. The van der Waals surface area contributed by atoms with E-state index in [2.05, 4.69) is 48.8 Å². The number of hydrogen-bond acceptors (Lipinski definition) is 20. The Bertz CT molecular complexity index is 2150. The van der Waals surface area contributed by atoms with E-state index in [0.717, 1.165) is 64.7 Å². The highest BCUT2D eigenvalue weighted by Crippen LogP contribution is 2.39. The van der Waals surface area contributed by atoms with Gasteiger partial charge in [-0.1, -0.05) is 289 Å². The van der Waals surface area contributed by atoms with E-state index < -0.39 is 148 Å². The molecule has 0 saturated carbocycles. The van der Waals surface area contributed by atoms with Crippen LogP contribution in [0.3, 0.4) is 0 Å². The molecule has 0 bridgehead atoms. The maximum Gasteiger partial charge on any atom is 0.364 e. The van der Waals surface area contributed by atoms with E-state index in [-0.39, 0.29) is 18.9 Å². The molecule has 3 rings (SSSR count). The first-order chi connectivity index (χ1) is 49.9. The van der Waals surface area contributed by atoms with Crippen molar-refractivity contribution in [2.45, 2.75) is 439 Å². The Morgan fingerprint density at radius 1 is 0.505 bits per heavy atom. The zero-order valence-corrected chi connectivity index (χ0v) is 63.9. The van der Waals surface area contributed by atoms with Crippen molar-refractivity contribution in [3.8, 4) is 0 Å². The standard InChI is InChI=1S/C80H148N2O21/c1-4-6-8-10-12-14-16-18-20-22-23-24-25-26-27-28-29-30-31-32-33-34-35-36-37-38-40-42-44-46-48-50-52-54-67(90)82-61(62(87)53-51-49-47-45-43-41-39-21-19-17-15-13-11-9-7-5-2)59-98-77-72(94)71(93)74(66(58-85)100-77)101-78-73(95)76(70(92)65(57-84)99-78)103-80(79(96)97)55-63(88)68(81-60(3)86)75(102-80)69(91)64(89)56-83/h23-24,26-27,61-66,68-78,83-85,87-89,91-95H,4-22,25,28-59H2,1-3H3,(H,81,86)(H,82,90)(H,96,97)/b24-23-,27-26-. The van der Waals surface area contributed by atoms with Crippen LogP contribution in [0.2, 0.25) is 0 Å². The molecule has 14 N–H and O–H groups in total. The van der Waals surface area contributed by atoms with Crippen LogP contribution in [0.5, 0.6) is 0 Å². The van der Waals surface area contributed by atoms with Crippen LogP contribution in [0.4, 0.5) is 0 Å². The van der Waals surface area contributed by atoms with E-state index in [1.807, 2.05) is 0 Å². The van der Waals surface area contributed by atoms with Crippen molar-refractivity contribution in [2.75, 3.05) is 26.4 Å². The van der Waals surface area contributed by atoms with Gasteiger partial charge in [-0.25, -0.2) is 4.79 Å². The Balaban J connectivity index is 1.45. The number of allylic oxidation sites excluding steroid dienone is 4. The molecular weight excluding hydrogens is 1320 g/mol. The molecular formula is C80H148N2O21. The van der Waals surface area contributed by atoms with Crippen LogP contribution in [-0.2, 0) is 42.8 Å². The van der Waals surface area contributed by atoms with E-state index in [9.17, 15) is 75.7 Å². The first kappa shape index (κ1) is 94.4. The molecule has 0 aliphatic carbocycles. The highest BCUT2D eigenvalue weighted by Gasteiger charge is 2.60. The normalized spacial score (nSPS) is 26.6. The lowest BCUT2D eigenvalue weighted by molar-refractivity contribution is -0.386. The molecule has 18 atom stereocenters. The second-order valence-electron chi connectivity index (χ2n) is 30.0. The molecule has 0 radical (unpaired) electrons. The molecule has 2 amide bonds. The number of hydrogen-bond donors (Lipinski definition) is 14. The third-order valence-electron chi connectivity index (χ3n) is 20.9. The number of carbonyl (C=O) groups is 3. The fourth-order valence-electron chi connectivity index (χ4n) is 14.4. The largest absolute Gasteiger partial charge is 0.477 e. The van der Waals surface area contributed by atoms with Gasteiger partial charge in [0, 0.05) is 19.8 Å². The Morgan fingerprint density at radius 3 is 1.36 bits per heavy atom. The average molecular weight is 1470 g/mol. The molecule has 23 heteroatoms. The van der Waals surface area contributed by atoms with Crippen LogP contribution >= 0.6 is 0 Å². The van der Waals surface area contributed by atoms with Crippen LogP contribution in [0.25, 0.3) is 0 Å². The SMILES string of the molecule is CCCCCCCCCCC/C=C\C/C=C\CCCCCCCCCCCCCCCCCCCC(=O)NC(COC1OC(CO)C(OC2OC(CO)C(O)C(OC3(C(=O)O)CC(O)C(NC(C)=O)C(C(O)C(O)CO)O3)C2O)C(O)C1O)C(O)CCCCCCCCCCCCCCCCCC.